The van der Waals surface area contributed by atoms with E-state index in [0.717, 1.165) is 30.3 Å². The summed E-state index contributed by atoms with van der Waals surface area (Å²) in [5.74, 6) is 2.34. The van der Waals surface area contributed by atoms with E-state index in [1.165, 1.54) is 0 Å². The van der Waals surface area contributed by atoms with Gasteiger partial charge in [0, 0.05) is 39.1 Å². The standard InChI is InChI=1S/C13H22N4O2/c1-3-4-10-16-11(14-2)7-12(17-10)15-8-13(18)5-6-19-9-13/h7,18H,3-6,8-9H2,1-2H3,(H2,14,15,16,17). The predicted octanol–water partition coefficient (Wildman–Crippen LogP) is 1.03. The van der Waals surface area contributed by atoms with Gasteiger partial charge in [0.05, 0.1) is 6.61 Å². The molecule has 0 aromatic carbocycles. The molecule has 1 aliphatic heterocycles. The summed E-state index contributed by atoms with van der Waals surface area (Å²) in [5, 5.41) is 16.4. The highest BCUT2D eigenvalue weighted by Crippen LogP contribution is 2.19. The largest absolute Gasteiger partial charge is 0.386 e. The molecule has 0 amide bonds. The van der Waals surface area contributed by atoms with Gasteiger partial charge in [0.1, 0.15) is 23.1 Å². The fraction of sp³-hybridized carbons (Fsp3) is 0.692. The highest BCUT2D eigenvalue weighted by Gasteiger charge is 2.32. The summed E-state index contributed by atoms with van der Waals surface area (Å²) >= 11 is 0. The lowest BCUT2D eigenvalue weighted by molar-refractivity contribution is 0.0381. The molecule has 2 rings (SSSR count). The van der Waals surface area contributed by atoms with E-state index in [1.54, 1.807) is 0 Å². The minimum atomic E-state index is -0.782. The Morgan fingerprint density at radius 2 is 2.21 bits per heavy atom. The minimum absolute atomic E-state index is 0.381. The van der Waals surface area contributed by atoms with E-state index in [-0.39, 0.29) is 0 Å². The normalized spacial score (nSPS) is 22.5. The molecule has 1 aliphatic rings. The van der Waals surface area contributed by atoms with Crippen LogP contribution in [0.3, 0.4) is 0 Å². The summed E-state index contributed by atoms with van der Waals surface area (Å²) < 4.78 is 5.22. The van der Waals surface area contributed by atoms with Gasteiger partial charge in [0.25, 0.3) is 0 Å². The number of anilines is 2. The van der Waals surface area contributed by atoms with Gasteiger partial charge in [-0.2, -0.15) is 0 Å². The van der Waals surface area contributed by atoms with E-state index in [1.807, 2.05) is 13.1 Å². The van der Waals surface area contributed by atoms with Crippen LogP contribution in [0.1, 0.15) is 25.6 Å². The van der Waals surface area contributed by atoms with Crippen LogP contribution in [0.2, 0.25) is 0 Å². The maximum atomic E-state index is 10.2. The van der Waals surface area contributed by atoms with Crippen LogP contribution in [0.25, 0.3) is 0 Å². The Balaban J connectivity index is 2.04. The molecule has 6 heteroatoms. The van der Waals surface area contributed by atoms with Crippen LogP contribution in [0.4, 0.5) is 11.6 Å². The smallest absolute Gasteiger partial charge is 0.133 e. The molecule has 1 fully saturated rings. The van der Waals surface area contributed by atoms with Gasteiger partial charge in [-0.1, -0.05) is 6.92 Å². The highest BCUT2D eigenvalue weighted by atomic mass is 16.5. The molecule has 6 nitrogen and oxygen atoms in total. The van der Waals surface area contributed by atoms with Gasteiger partial charge in [0.15, 0.2) is 0 Å². The topological polar surface area (TPSA) is 79.3 Å². The molecule has 1 atom stereocenters. The van der Waals surface area contributed by atoms with Crippen LogP contribution in [0, 0.1) is 0 Å². The molecular weight excluding hydrogens is 244 g/mol. The summed E-state index contributed by atoms with van der Waals surface area (Å²) in [5.41, 5.74) is -0.782. The van der Waals surface area contributed by atoms with E-state index >= 15 is 0 Å². The van der Waals surface area contributed by atoms with Gasteiger partial charge in [-0.05, 0) is 6.42 Å². The summed E-state index contributed by atoms with van der Waals surface area (Å²) in [6, 6.07) is 1.85. The first kappa shape index (κ1) is 14.0. The molecule has 0 bridgehead atoms. The van der Waals surface area contributed by atoms with E-state index in [4.69, 9.17) is 4.74 Å². The average Bonchev–Trinajstić information content (AvgIpc) is 2.84. The Morgan fingerprint density at radius 3 is 2.84 bits per heavy atom. The lowest BCUT2D eigenvalue weighted by Gasteiger charge is -2.21. The van der Waals surface area contributed by atoms with Gasteiger partial charge >= 0.3 is 0 Å². The zero-order valence-corrected chi connectivity index (χ0v) is 11.6. The summed E-state index contributed by atoms with van der Waals surface area (Å²) in [4.78, 5) is 8.84. The van der Waals surface area contributed by atoms with Crippen molar-refractivity contribution in [1.29, 1.82) is 0 Å². The van der Waals surface area contributed by atoms with E-state index in [9.17, 15) is 5.11 Å². The maximum absolute atomic E-state index is 10.2. The Morgan fingerprint density at radius 1 is 1.42 bits per heavy atom. The first-order chi connectivity index (χ1) is 9.15. The fourth-order valence-corrected chi connectivity index (χ4v) is 2.04. The number of hydrogen-bond donors (Lipinski definition) is 3. The molecule has 106 valence electrons. The highest BCUT2D eigenvalue weighted by molar-refractivity contribution is 5.47. The van der Waals surface area contributed by atoms with E-state index in [2.05, 4.69) is 27.5 Å². The van der Waals surface area contributed by atoms with Gasteiger partial charge in [-0.15, -0.1) is 0 Å². The van der Waals surface area contributed by atoms with Crippen molar-refractivity contribution in [3.8, 4) is 0 Å². The SMILES string of the molecule is CCCc1nc(NC)cc(NCC2(O)CCOC2)n1. The molecule has 3 N–H and O–H groups in total. The van der Waals surface area contributed by atoms with Crippen LogP contribution in [0.15, 0.2) is 6.07 Å². The third-order valence-electron chi connectivity index (χ3n) is 3.18. The van der Waals surface area contributed by atoms with Crippen molar-refractivity contribution in [2.75, 3.05) is 37.4 Å². The number of ether oxygens (including phenoxy) is 1. The molecule has 0 radical (unpaired) electrons. The Labute approximate surface area is 113 Å². The quantitative estimate of drug-likeness (QED) is 0.714. The van der Waals surface area contributed by atoms with Gasteiger partial charge in [-0.25, -0.2) is 9.97 Å². The second-order valence-electron chi connectivity index (χ2n) is 4.94. The molecule has 1 saturated heterocycles. The molecule has 0 spiro atoms. The van der Waals surface area contributed by atoms with Crippen molar-refractivity contribution in [3.63, 3.8) is 0 Å². The maximum Gasteiger partial charge on any atom is 0.133 e. The second-order valence-corrected chi connectivity index (χ2v) is 4.94. The summed E-state index contributed by atoms with van der Waals surface area (Å²) in [7, 11) is 1.83. The number of nitrogens with one attached hydrogen (secondary N) is 2. The summed E-state index contributed by atoms with van der Waals surface area (Å²) in [6.07, 6.45) is 2.51. The van der Waals surface area contributed by atoms with Crippen molar-refractivity contribution < 1.29 is 9.84 Å². The monoisotopic (exact) mass is 266 g/mol. The second kappa shape index (κ2) is 6.16. The number of aromatic nitrogens is 2. The third-order valence-corrected chi connectivity index (χ3v) is 3.18. The van der Waals surface area contributed by atoms with Gasteiger partial charge < -0.3 is 20.5 Å². The molecule has 0 saturated carbocycles. The molecular formula is C13H22N4O2. The van der Waals surface area contributed by atoms with Crippen molar-refractivity contribution in [2.24, 2.45) is 0 Å². The predicted molar refractivity (Wildman–Crippen MR) is 74.4 cm³/mol. The molecule has 2 heterocycles. The molecule has 1 unspecified atom stereocenters. The molecule has 0 aliphatic carbocycles. The zero-order valence-electron chi connectivity index (χ0n) is 11.6. The number of nitrogens with zero attached hydrogens (tertiary/aromatic N) is 2. The molecule has 19 heavy (non-hydrogen) atoms. The van der Waals surface area contributed by atoms with E-state index in [0.29, 0.717) is 26.2 Å². The van der Waals surface area contributed by atoms with E-state index < -0.39 is 5.60 Å². The first-order valence-electron chi connectivity index (χ1n) is 6.75. The first-order valence-corrected chi connectivity index (χ1v) is 6.75. The Bertz CT molecular complexity index is 419. The van der Waals surface area contributed by atoms with Crippen LogP contribution in [0.5, 0.6) is 0 Å². The molecule has 1 aromatic heterocycles. The van der Waals surface area contributed by atoms with Crippen molar-refractivity contribution in [2.45, 2.75) is 31.8 Å². The Hall–Kier alpha value is -1.40. The average molecular weight is 266 g/mol. The Kier molecular flexibility index (Phi) is 4.55. The fourth-order valence-electron chi connectivity index (χ4n) is 2.04. The minimum Gasteiger partial charge on any atom is -0.386 e. The van der Waals surface area contributed by atoms with Crippen LogP contribution in [-0.4, -0.2) is 47.5 Å². The number of aryl methyl sites for hydroxylation is 1. The summed E-state index contributed by atoms with van der Waals surface area (Å²) in [6.45, 7) is 3.54. The number of rotatable bonds is 6. The van der Waals surface area contributed by atoms with Gasteiger partial charge in [0.2, 0.25) is 0 Å². The number of hydrogen-bond acceptors (Lipinski definition) is 6. The molecule has 1 aromatic rings. The van der Waals surface area contributed by atoms with Crippen molar-refractivity contribution >= 4 is 11.6 Å². The van der Waals surface area contributed by atoms with Crippen LogP contribution >= 0.6 is 0 Å². The lowest BCUT2D eigenvalue weighted by atomic mass is 10.0. The van der Waals surface area contributed by atoms with Crippen molar-refractivity contribution in [3.05, 3.63) is 11.9 Å². The van der Waals surface area contributed by atoms with Crippen LogP contribution in [-0.2, 0) is 11.2 Å². The lowest BCUT2D eigenvalue weighted by Crippen LogP contribution is -2.37. The van der Waals surface area contributed by atoms with Crippen LogP contribution < -0.4 is 10.6 Å². The van der Waals surface area contributed by atoms with Crippen molar-refractivity contribution in [1.82, 2.24) is 9.97 Å². The number of aliphatic hydroxyl groups is 1. The zero-order chi connectivity index (χ0) is 13.7. The third kappa shape index (κ3) is 3.78. The van der Waals surface area contributed by atoms with Gasteiger partial charge in [-0.3, -0.25) is 0 Å².